The van der Waals surface area contributed by atoms with Gasteiger partial charge in [0, 0.05) is 0 Å². The molecule has 1 aromatic rings. The van der Waals surface area contributed by atoms with Gasteiger partial charge in [0.1, 0.15) is 5.75 Å². The van der Waals surface area contributed by atoms with Gasteiger partial charge in [0.2, 0.25) is 0 Å². The molecule has 0 bridgehead atoms. The van der Waals surface area contributed by atoms with Crippen molar-refractivity contribution in [1.82, 2.24) is 0 Å². The summed E-state index contributed by atoms with van der Waals surface area (Å²) in [6.45, 7) is 0. The van der Waals surface area contributed by atoms with E-state index in [0.29, 0.717) is 0 Å². The second-order valence-electron chi connectivity index (χ2n) is 4.17. The van der Waals surface area contributed by atoms with Gasteiger partial charge in [-0.2, -0.15) is 0 Å². The van der Waals surface area contributed by atoms with E-state index >= 15 is 0 Å². The summed E-state index contributed by atoms with van der Waals surface area (Å²) in [6, 6.07) is 8.40. The summed E-state index contributed by atoms with van der Waals surface area (Å²) in [5, 5.41) is 0. The van der Waals surface area contributed by atoms with Crippen LogP contribution in [0, 0.1) is 5.92 Å². The molecule has 0 amide bonds. The van der Waals surface area contributed by atoms with Crippen LogP contribution in [0.25, 0.3) is 0 Å². The van der Waals surface area contributed by atoms with Crippen LogP contribution in [0.15, 0.2) is 36.4 Å². The molecule has 0 spiro atoms. The predicted octanol–water partition coefficient (Wildman–Crippen LogP) is 3.59. The molecule has 0 radical (unpaired) electrons. The lowest BCUT2D eigenvalue weighted by Crippen LogP contribution is -2.04. The molecule has 15 heavy (non-hydrogen) atoms. The summed E-state index contributed by atoms with van der Waals surface area (Å²) in [5.74, 6) is 1.69. The van der Waals surface area contributed by atoms with Crippen molar-refractivity contribution in [3.8, 4) is 5.75 Å². The minimum Gasteiger partial charge on any atom is -0.497 e. The largest absolute Gasteiger partial charge is 0.497 e. The molecule has 0 saturated carbocycles. The van der Waals surface area contributed by atoms with Crippen LogP contribution in [0.3, 0.4) is 0 Å². The molecule has 0 aromatic heterocycles. The van der Waals surface area contributed by atoms with Crippen molar-refractivity contribution in [3.63, 3.8) is 0 Å². The molecule has 1 heteroatoms. The van der Waals surface area contributed by atoms with Crippen molar-refractivity contribution >= 4 is 0 Å². The van der Waals surface area contributed by atoms with E-state index in [0.717, 1.165) is 18.1 Å². The lowest BCUT2D eigenvalue weighted by Gasteiger charge is -2.16. The van der Waals surface area contributed by atoms with E-state index in [2.05, 4.69) is 30.4 Å². The first-order valence-electron chi connectivity index (χ1n) is 5.68. The molecule has 0 saturated heterocycles. The fourth-order valence-corrected chi connectivity index (χ4v) is 2.16. The molecule has 0 aliphatic heterocycles. The van der Waals surface area contributed by atoms with Crippen molar-refractivity contribution < 1.29 is 4.74 Å². The van der Waals surface area contributed by atoms with E-state index in [4.69, 9.17) is 4.74 Å². The highest BCUT2D eigenvalue weighted by molar-refractivity contribution is 5.29. The highest BCUT2D eigenvalue weighted by Crippen LogP contribution is 2.23. The molecule has 1 atom stereocenters. The van der Waals surface area contributed by atoms with E-state index in [1.165, 1.54) is 24.8 Å². The summed E-state index contributed by atoms with van der Waals surface area (Å²) in [7, 11) is 1.72. The van der Waals surface area contributed by atoms with Gasteiger partial charge in [-0.1, -0.05) is 24.3 Å². The third-order valence-corrected chi connectivity index (χ3v) is 2.99. The molecule has 0 N–H and O–H groups in total. The van der Waals surface area contributed by atoms with Gasteiger partial charge in [0.25, 0.3) is 0 Å². The number of rotatable bonds is 3. The van der Waals surface area contributed by atoms with Crippen LogP contribution in [0.2, 0.25) is 0 Å². The van der Waals surface area contributed by atoms with Crippen LogP contribution in [0.5, 0.6) is 5.75 Å². The van der Waals surface area contributed by atoms with Crippen molar-refractivity contribution in [2.24, 2.45) is 5.92 Å². The van der Waals surface area contributed by atoms with Gasteiger partial charge in [-0.25, -0.2) is 0 Å². The molecular weight excluding hydrogens is 184 g/mol. The Hall–Kier alpha value is -1.24. The lowest BCUT2D eigenvalue weighted by molar-refractivity contribution is 0.413. The van der Waals surface area contributed by atoms with E-state index in [-0.39, 0.29) is 0 Å². The number of ether oxygens (including phenoxy) is 1. The van der Waals surface area contributed by atoms with Crippen LogP contribution in [0.1, 0.15) is 24.8 Å². The summed E-state index contributed by atoms with van der Waals surface area (Å²) in [4.78, 5) is 0. The third-order valence-electron chi connectivity index (χ3n) is 2.99. The number of hydrogen-bond donors (Lipinski definition) is 0. The number of hydrogen-bond acceptors (Lipinski definition) is 1. The Bertz CT molecular complexity index is 341. The molecule has 1 nitrogen and oxygen atoms in total. The van der Waals surface area contributed by atoms with E-state index < -0.39 is 0 Å². The van der Waals surface area contributed by atoms with Crippen molar-refractivity contribution in [2.75, 3.05) is 7.11 Å². The van der Waals surface area contributed by atoms with Crippen LogP contribution in [0.4, 0.5) is 0 Å². The van der Waals surface area contributed by atoms with Crippen molar-refractivity contribution in [2.45, 2.75) is 25.7 Å². The molecule has 0 heterocycles. The smallest absolute Gasteiger partial charge is 0.119 e. The van der Waals surface area contributed by atoms with Crippen LogP contribution < -0.4 is 4.74 Å². The Kier molecular flexibility index (Phi) is 3.44. The zero-order valence-corrected chi connectivity index (χ0v) is 9.28. The molecule has 1 aromatic carbocycles. The van der Waals surface area contributed by atoms with Gasteiger partial charge in [-0.05, 0) is 49.3 Å². The normalized spacial score (nSPS) is 20.2. The summed E-state index contributed by atoms with van der Waals surface area (Å²) < 4.78 is 5.23. The van der Waals surface area contributed by atoms with Crippen LogP contribution in [-0.4, -0.2) is 7.11 Å². The van der Waals surface area contributed by atoms with Gasteiger partial charge in [0.05, 0.1) is 7.11 Å². The van der Waals surface area contributed by atoms with Crippen molar-refractivity contribution in [3.05, 3.63) is 42.0 Å². The highest BCUT2D eigenvalue weighted by atomic mass is 16.5. The summed E-state index contributed by atoms with van der Waals surface area (Å²) in [6.07, 6.45) is 9.75. The quantitative estimate of drug-likeness (QED) is 0.680. The molecule has 1 aliphatic rings. The maximum atomic E-state index is 5.23. The SMILES string of the molecule is COc1cccc(CC2C=CCCC2)c1. The zero-order chi connectivity index (χ0) is 10.5. The van der Waals surface area contributed by atoms with Crippen LogP contribution >= 0.6 is 0 Å². The summed E-state index contributed by atoms with van der Waals surface area (Å²) >= 11 is 0. The predicted molar refractivity (Wildman–Crippen MR) is 63.2 cm³/mol. The first kappa shape index (κ1) is 10.3. The van der Waals surface area contributed by atoms with Crippen LogP contribution in [-0.2, 0) is 6.42 Å². The van der Waals surface area contributed by atoms with Gasteiger partial charge >= 0.3 is 0 Å². The number of benzene rings is 1. The lowest BCUT2D eigenvalue weighted by atomic mass is 9.90. The van der Waals surface area contributed by atoms with E-state index in [1.807, 2.05) is 6.07 Å². The standard InChI is InChI=1S/C14H18O/c1-15-14-9-5-8-13(11-14)10-12-6-3-2-4-7-12/h3,5-6,8-9,11-12H,2,4,7,10H2,1H3. The number of methoxy groups -OCH3 is 1. The second-order valence-corrected chi connectivity index (χ2v) is 4.17. The van der Waals surface area contributed by atoms with E-state index in [1.54, 1.807) is 7.11 Å². The minimum absolute atomic E-state index is 0.728. The Morgan fingerprint density at radius 3 is 3.07 bits per heavy atom. The first-order valence-corrected chi connectivity index (χ1v) is 5.68. The fourth-order valence-electron chi connectivity index (χ4n) is 2.16. The zero-order valence-electron chi connectivity index (χ0n) is 9.28. The fraction of sp³-hybridized carbons (Fsp3) is 0.429. The molecule has 2 rings (SSSR count). The van der Waals surface area contributed by atoms with E-state index in [9.17, 15) is 0 Å². The average Bonchev–Trinajstić information content (AvgIpc) is 2.31. The molecular formula is C14H18O. The minimum atomic E-state index is 0.728. The molecule has 1 unspecified atom stereocenters. The molecule has 1 aliphatic carbocycles. The highest BCUT2D eigenvalue weighted by Gasteiger charge is 2.09. The van der Waals surface area contributed by atoms with Gasteiger partial charge in [-0.3, -0.25) is 0 Å². The first-order chi connectivity index (χ1) is 7.38. The summed E-state index contributed by atoms with van der Waals surface area (Å²) in [5.41, 5.74) is 1.38. The second kappa shape index (κ2) is 5.01. The van der Waals surface area contributed by atoms with Crippen molar-refractivity contribution in [1.29, 1.82) is 0 Å². The van der Waals surface area contributed by atoms with Gasteiger partial charge < -0.3 is 4.74 Å². The average molecular weight is 202 g/mol. The molecule has 80 valence electrons. The van der Waals surface area contributed by atoms with Gasteiger partial charge in [0.15, 0.2) is 0 Å². The topological polar surface area (TPSA) is 9.23 Å². The van der Waals surface area contributed by atoms with Gasteiger partial charge in [-0.15, -0.1) is 0 Å². The molecule has 0 fully saturated rings. The Morgan fingerprint density at radius 2 is 2.33 bits per heavy atom. The number of allylic oxidation sites excluding steroid dienone is 2. The Labute approximate surface area is 91.8 Å². The third kappa shape index (κ3) is 2.85. The Morgan fingerprint density at radius 1 is 1.40 bits per heavy atom. The monoisotopic (exact) mass is 202 g/mol. The maximum Gasteiger partial charge on any atom is 0.119 e. The Balaban J connectivity index is 2.03. The maximum absolute atomic E-state index is 5.23.